The molecule has 5 nitrogen and oxygen atoms in total. The number of carbonyl (C=O) groups excluding carboxylic acids is 1. The van der Waals surface area contributed by atoms with Crippen molar-refractivity contribution in [1.82, 2.24) is 15.1 Å². The SMILES string of the molecule is CCc1cc(C(=O)NCC(O)c2ccccc2)n(C)n1. The van der Waals surface area contributed by atoms with Crippen molar-refractivity contribution >= 4 is 5.91 Å². The quantitative estimate of drug-likeness (QED) is 0.866. The van der Waals surface area contributed by atoms with Gasteiger partial charge in [-0.25, -0.2) is 0 Å². The molecule has 0 saturated carbocycles. The molecular formula is C15H19N3O2. The zero-order valence-corrected chi connectivity index (χ0v) is 11.7. The summed E-state index contributed by atoms with van der Waals surface area (Å²) in [6.45, 7) is 2.17. The van der Waals surface area contributed by atoms with Crippen molar-refractivity contribution < 1.29 is 9.90 Å². The molecule has 106 valence electrons. The molecule has 0 aliphatic rings. The minimum absolute atomic E-state index is 0.176. The molecule has 0 aliphatic carbocycles. The van der Waals surface area contributed by atoms with Crippen LogP contribution in [0.15, 0.2) is 36.4 Å². The smallest absolute Gasteiger partial charge is 0.269 e. The maximum atomic E-state index is 12.0. The van der Waals surface area contributed by atoms with Crippen LogP contribution in [0.25, 0.3) is 0 Å². The van der Waals surface area contributed by atoms with Gasteiger partial charge in [-0.05, 0) is 18.1 Å². The molecule has 1 atom stereocenters. The maximum absolute atomic E-state index is 12.0. The molecule has 0 aliphatic heterocycles. The van der Waals surface area contributed by atoms with E-state index in [2.05, 4.69) is 10.4 Å². The summed E-state index contributed by atoms with van der Waals surface area (Å²) in [6.07, 6.45) is 0.0762. The summed E-state index contributed by atoms with van der Waals surface area (Å²) < 4.78 is 1.56. The molecule has 5 heteroatoms. The molecule has 0 fully saturated rings. The van der Waals surface area contributed by atoms with Crippen molar-refractivity contribution in [3.8, 4) is 0 Å². The zero-order valence-electron chi connectivity index (χ0n) is 11.7. The molecule has 1 heterocycles. The second-order valence-electron chi connectivity index (χ2n) is 4.63. The van der Waals surface area contributed by atoms with E-state index in [1.165, 1.54) is 0 Å². The largest absolute Gasteiger partial charge is 0.387 e. The van der Waals surface area contributed by atoms with Gasteiger partial charge in [0.15, 0.2) is 0 Å². The highest BCUT2D eigenvalue weighted by Gasteiger charge is 2.14. The first-order valence-electron chi connectivity index (χ1n) is 6.66. The average molecular weight is 273 g/mol. The highest BCUT2D eigenvalue weighted by atomic mass is 16.3. The van der Waals surface area contributed by atoms with E-state index in [1.54, 1.807) is 17.8 Å². The van der Waals surface area contributed by atoms with Crippen LogP contribution in [0.1, 0.15) is 34.8 Å². The molecule has 0 spiro atoms. The average Bonchev–Trinajstić information content (AvgIpc) is 2.86. The Morgan fingerprint density at radius 1 is 1.40 bits per heavy atom. The predicted molar refractivity (Wildman–Crippen MR) is 76.3 cm³/mol. The van der Waals surface area contributed by atoms with Gasteiger partial charge in [0, 0.05) is 13.6 Å². The first-order chi connectivity index (χ1) is 9.61. The van der Waals surface area contributed by atoms with Crippen LogP contribution in [0.3, 0.4) is 0 Å². The van der Waals surface area contributed by atoms with Crippen molar-refractivity contribution in [1.29, 1.82) is 0 Å². The zero-order chi connectivity index (χ0) is 14.5. The summed E-state index contributed by atoms with van der Waals surface area (Å²) >= 11 is 0. The van der Waals surface area contributed by atoms with E-state index in [-0.39, 0.29) is 12.5 Å². The number of aliphatic hydroxyl groups excluding tert-OH is 1. The number of benzene rings is 1. The van der Waals surface area contributed by atoms with Gasteiger partial charge in [0.25, 0.3) is 5.91 Å². The molecule has 0 bridgehead atoms. The van der Waals surface area contributed by atoms with Gasteiger partial charge in [-0.15, -0.1) is 0 Å². The maximum Gasteiger partial charge on any atom is 0.269 e. The number of carbonyl (C=O) groups is 1. The minimum atomic E-state index is -0.709. The van der Waals surface area contributed by atoms with Crippen molar-refractivity contribution in [3.05, 3.63) is 53.3 Å². The van der Waals surface area contributed by atoms with Crippen LogP contribution in [0.2, 0.25) is 0 Å². The summed E-state index contributed by atoms with van der Waals surface area (Å²) in [7, 11) is 1.74. The number of aliphatic hydroxyl groups is 1. The van der Waals surface area contributed by atoms with Crippen molar-refractivity contribution in [2.24, 2.45) is 7.05 Å². The van der Waals surface area contributed by atoms with Crippen molar-refractivity contribution in [2.75, 3.05) is 6.54 Å². The lowest BCUT2D eigenvalue weighted by molar-refractivity contribution is 0.0907. The lowest BCUT2D eigenvalue weighted by Gasteiger charge is -2.12. The van der Waals surface area contributed by atoms with E-state index in [4.69, 9.17) is 0 Å². The van der Waals surface area contributed by atoms with Crippen LogP contribution < -0.4 is 5.32 Å². The molecule has 2 rings (SSSR count). The molecule has 0 saturated heterocycles. The summed E-state index contributed by atoms with van der Waals surface area (Å²) in [5.41, 5.74) is 2.16. The van der Waals surface area contributed by atoms with Crippen LogP contribution in [0.4, 0.5) is 0 Å². The van der Waals surface area contributed by atoms with Crippen LogP contribution in [0.5, 0.6) is 0 Å². The van der Waals surface area contributed by atoms with E-state index in [9.17, 15) is 9.90 Å². The van der Waals surface area contributed by atoms with Crippen molar-refractivity contribution in [2.45, 2.75) is 19.4 Å². The third kappa shape index (κ3) is 3.24. The van der Waals surface area contributed by atoms with Crippen LogP contribution in [-0.4, -0.2) is 27.3 Å². The molecule has 20 heavy (non-hydrogen) atoms. The number of hydrogen-bond donors (Lipinski definition) is 2. The summed E-state index contributed by atoms with van der Waals surface area (Å²) in [4.78, 5) is 12.0. The number of amides is 1. The molecule has 1 amide bonds. The lowest BCUT2D eigenvalue weighted by Crippen LogP contribution is -2.29. The molecule has 1 aromatic carbocycles. The monoisotopic (exact) mass is 273 g/mol. The van der Waals surface area contributed by atoms with Gasteiger partial charge in [0.05, 0.1) is 11.8 Å². The lowest BCUT2D eigenvalue weighted by atomic mass is 10.1. The fraction of sp³-hybridized carbons (Fsp3) is 0.333. The van der Waals surface area contributed by atoms with Crippen molar-refractivity contribution in [3.63, 3.8) is 0 Å². The van der Waals surface area contributed by atoms with Gasteiger partial charge in [-0.3, -0.25) is 9.48 Å². The molecule has 2 aromatic rings. The van der Waals surface area contributed by atoms with E-state index < -0.39 is 6.10 Å². The Labute approximate surface area is 118 Å². The third-order valence-corrected chi connectivity index (χ3v) is 3.17. The number of nitrogens with zero attached hydrogens (tertiary/aromatic N) is 2. The summed E-state index contributed by atoms with van der Waals surface area (Å²) in [5.74, 6) is -0.227. The van der Waals surface area contributed by atoms with E-state index >= 15 is 0 Å². The van der Waals surface area contributed by atoms with Gasteiger partial charge >= 0.3 is 0 Å². The van der Waals surface area contributed by atoms with Crippen LogP contribution >= 0.6 is 0 Å². The third-order valence-electron chi connectivity index (χ3n) is 3.17. The second-order valence-corrected chi connectivity index (χ2v) is 4.63. The molecule has 2 N–H and O–H groups in total. The number of aromatic nitrogens is 2. The van der Waals surface area contributed by atoms with Gasteiger partial charge in [-0.2, -0.15) is 5.10 Å². The Bertz CT molecular complexity index is 578. The Hall–Kier alpha value is -2.14. The topological polar surface area (TPSA) is 67.2 Å². The van der Waals surface area contributed by atoms with Crippen LogP contribution in [0, 0.1) is 0 Å². The van der Waals surface area contributed by atoms with Gasteiger partial charge < -0.3 is 10.4 Å². The molecular weight excluding hydrogens is 254 g/mol. The van der Waals surface area contributed by atoms with Gasteiger partial charge in [0.2, 0.25) is 0 Å². The van der Waals surface area contributed by atoms with E-state index in [1.807, 2.05) is 37.3 Å². The number of hydrogen-bond acceptors (Lipinski definition) is 3. The Morgan fingerprint density at radius 2 is 2.10 bits per heavy atom. The first kappa shape index (κ1) is 14.3. The Morgan fingerprint density at radius 3 is 2.70 bits per heavy atom. The summed E-state index contributed by atoms with van der Waals surface area (Å²) in [5, 5.41) is 17.0. The highest BCUT2D eigenvalue weighted by Crippen LogP contribution is 2.11. The molecule has 0 radical (unpaired) electrons. The Kier molecular flexibility index (Phi) is 4.53. The predicted octanol–water partition coefficient (Wildman–Crippen LogP) is 1.45. The number of aryl methyl sites for hydroxylation is 2. The summed E-state index contributed by atoms with van der Waals surface area (Å²) in [6, 6.07) is 11.0. The second kappa shape index (κ2) is 6.34. The first-order valence-corrected chi connectivity index (χ1v) is 6.66. The van der Waals surface area contributed by atoms with Gasteiger partial charge in [0.1, 0.15) is 5.69 Å². The van der Waals surface area contributed by atoms with E-state index in [0.29, 0.717) is 5.69 Å². The minimum Gasteiger partial charge on any atom is -0.387 e. The Balaban J connectivity index is 1.96. The molecule has 1 unspecified atom stereocenters. The van der Waals surface area contributed by atoms with Crippen LogP contribution in [-0.2, 0) is 13.5 Å². The number of rotatable bonds is 5. The molecule has 1 aromatic heterocycles. The van der Waals surface area contributed by atoms with Gasteiger partial charge in [-0.1, -0.05) is 37.3 Å². The highest BCUT2D eigenvalue weighted by molar-refractivity contribution is 5.92. The number of nitrogens with one attached hydrogen (secondary N) is 1. The fourth-order valence-corrected chi connectivity index (χ4v) is 1.98. The fourth-order valence-electron chi connectivity index (χ4n) is 1.98. The normalized spacial score (nSPS) is 12.2. The standard InChI is InChI=1S/C15H19N3O2/c1-3-12-9-13(18(2)17-12)15(20)16-10-14(19)11-7-5-4-6-8-11/h4-9,14,19H,3,10H2,1-2H3,(H,16,20). The van der Waals surface area contributed by atoms with E-state index in [0.717, 1.165) is 17.7 Å².